The number of hydrogen-bond acceptors (Lipinski definition) is 2. The number of likely N-dealkylation sites (N-methyl/N-ethyl adjacent to an activating group) is 1. The fourth-order valence-corrected chi connectivity index (χ4v) is 5.75. The first-order valence-electron chi connectivity index (χ1n) is 15.1. The van der Waals surface area contributed by atoms with Crippen LogP contribution in [0.3, 0.4) is 0 Å². The third-order valence-corrected chi connectivity index (χ3v) is 7.68. The molecule has 2 heteroatoms. The second-order valence-electron chi connectivity index (χ2n) is 11.3. The second kappa shape index (κ2) is 19.5. The lowest BCUT2D eigenvalue weighted by Crippen LogP contribution is -2.38. The van der Waals surface area contributed by atoms with Crippen molar-refractivity contribution in [1.82, 2.24) is 10.2 Å². The quantitative estimate of drug-likeness (QED) is 0.165. The zero-order chi connectivity index (χ0) is 25.7. The van der Waals surface area contributed by atoms with Gasteiger partial charge in [0.05, 0.1) is 0 Å². The Labute approximate surface area is 224 Å². The van der Waals surface area contributed by atoms with Gasteiger partial charge in [0.1, 0.15) is 0 Å². The summed E-state index contributed by atoms with van der Waals surface area (Å²) in [7, 11) is 4.50. The van der Waals surface area contributed by atoms with Crippen LogP contribution in [0.1, 0.15) is 108 Å². The maximum atomic E-state index is 3.73. The lowest BCUT2D eigenvalue weighted by Gasteiger charge is -2.37. The van der Waals surface area contributed by atoms with Crippen LogP contribution < -0.4 is 5.32 Å². The molecule has 0 aromatic heterocycles. The molecule has 0 fully saturated rings. The van der Waals surface area contributed by atoms with Crippen LogP contribution in [0.2, 0.25) is 0 Å². The topological polar surface area (TPSA) is 15.3 Å². The maximum absolute atomic E-state index is 3.73. The molecule has 0 saturated carbocycles. The van der Waals surface area contributed by atoms with Crippen LogP contribution >= 0.6 is 0 Å². The summed E-state index contributed by atoms with van der Waals surface area (Å²) in [5.74, 6) is 0. The lowest BCUT2D eigenvalue weighted by molar-refractivity contribution is 0.239. The number of benzene rings is 2. The van der Waals surface area contributed by atoms with Crippen LogP contribution in [-0.4, -0.2) is 38.6 Å². The highest BCUT2D eigenvalue weighted by molar-refractivity contribution is 5.26. The Kier molecular flexibility index (Phi) is 16.5. The van der Waals surface area contributed by atoms with Gasteiger partial charge in [0.25, 0.3) is 0 Å². The summed E-state index contributed by atoms with van der Waals surface area (Å²) >= 11 is 0. The SMILES string of the molecule is CCCCCCCCCCCCC(CCCNCCCc1ccccc1)(CN(C)C)c1ccccc1. The molecule has 0 aliphatic heterocycles. The molecule has 1 atom stereocenters. The Bertz CT molecular complexity index is 742. The Morgan fingerprint density at radius 1 is 0.611 bits per heavy atom. The third-order valence-electron chi connectivity index (χ3n) is 7.68. The molecule has 0 spiro atoms. The van der Waals surface area contributed by atoms with Crippen molar-refractivity contribution < 1.29 is 0 Å². The molecule has 1 unspecified atom stereocenters. The Balaban J connectivity index is 1.77. The maximum Gasteiger partial charge on any atom is 0.00805 e. The van der Waals surface area contributed by atoms with E-state index in [1.54, 1.807) is 5.56 Å². The molecule has 2 nitrogen and oxygen atoms in total. The van der Waals surface area contributed by atoms with Crippen LogP contribution in [0.15, 0.2) is 60.7 Å². The molecular formula is C34H56N2. The molecular weight excluding hydrogens is 436 g/mol. The number of aryl methyl sites for hydroxylation is 1. The average Bonchev–Trinajstić information content (AvgIpc) is 2.90. The Morgan fingerprint density at radius 3 is 1.75 bits per heavy atom. The van der Waals surface area contributed by atoms with Crippen LogP contribution in [0.25, 0.3) is 0 Å². The van der Waals surface area contributed by atoms with E-state index in [0.717, 1.165) is 19.6 Å². The zero-order valence-corrected chi connectivity index (χ0v) is 23.9. The number of rotatable bonds is 22. The van der Waals surface area contributed by atoms with Crippen molar-refractivity contribution in [1.29, 1.82) is 0 Å². The molecule has 0 bridgehead atoms. The number of nitrogens with one attached hydrogen (secondary N) is 1. The number of unbranched alkanes of at least 4 members (excludes halogenated alkanes) is 9. The molecule has 0 heterocycles. The molecule has 2 aromatic carbocycles. The molecule has 2 rings (SSSR count). The molecule has 0 aliphatic rings. The van der Waals surface area contributed by atoms with Crippen molar-refractivity contribution in [3.8, 4) is 0 Å². The summed E-state index contributed by atoms with van der Waals surface area (Å²) in [5.41, 5.74) is 3.25. The predicted molar refractivity (Wildman–Crippen MR) is 160 cm³/mol. The van der Waals surface area contributed by atoms with Gasteiger partial charge in [-0.15, -0.1) is 0 Å². The first-order chi connectivity index (χ1) is 17.7. The molecule has 2 aromatic rings. The summed E-state index contributed by atoms with van der Waals surface area (Å²) in [6.07, 6.45) is 20.3. The van der Waals surface area contributed by atoms with Crippen molar-refractivity contribution in [3.05, 3.63) is 71.8 Å². The molecule has 1 N–H and O–H groups in total. The van der Waals surface area contributed by atoms with Crippen molar-refractivity contribution >= 4 is 0 Å². The summed E-state index contributed by atoms with van der Waals surface area (Å²) in [5, 5.41) is 3.73. The molecule has 0 amide bonds. The highest BCUT2D eigenvalue weighted by atomic mass is 15.1. The second-order valence-corrected chi connectivity index (χ2v) is 11.3. The molecule has 202 valence electrons. The highest BCUT2D eigenvalue weighted by Crippen LogP contribution is 2.36. The minimum absolute atomic E-state index is 0.261. The summed E-state index contributed by atoms with van der Waals surface area (Å²) in [6.45, 7) is 5.67. The van der Waals surface area contributed by atoms with E-state index in [4.69, 9.17) is 0 Å². The largest absolute Gasteiger partial charge is 0.317 e. The van der Waals surface area contributed by atoms with Gasteiger partial charge in [-0.1, -0.05) is 132 Å². The normalized spacial score (nSPS) is 13.2. The number of hydrogen-bond donors (Lipinski definition) is 1. The van der Waals surface area contributed by atoms with Gasteiger partial charge in [0.2, 0.25) is 0 Å². The monoisotopic (exact) mass is 492 g/mol. The van der Waals surface area contributed by atoms with Crippen molar-refractivity contribution in [2.24, 2.45) is 0 Å². The van der Waals surface area contributed by atoms with Gasteiger partial charge >= 0.3 is 0 Å². The van der Waals surface area contributed by atoms with Crippen molar-refractivity contribution in [2.45, 2.75) is 109 Å². The minimum Gasteiger partial charge on any atom is -0.317 e. The Morgan fingerprint density at radius 2 is 1.14 bits per heavy atom. The van der Waals surface area contributed by atoms with E-state index in [-0.39, 0.29) is 5.41 Å². The summed E-state index contributed by atoms with van der Waals surface area (Å²) in [4.78, 5) is 2.41. The fourth-order valence-electron chi connectivity index (χ4n) is 5.75. The minimum atomic E-state index is 0.261. The van der Waals surface area contributed by atoms with E-state index in [1.807, 2.05) is 0 Å². The standard InChI is InChI=1S/C34H56N2/c1-4-5-6-7-8-9-10-11-12-19-27-34(31-36(2)3,33-25-17-14-18-26-33)28-21-30-35-29-20-24-32-22-15-13-16-23-32/h13-18,22-23,25-26,35H,4-12,19-21,24,27-31H2,1-3H3. The Hall–Kier alpha value is -1.64. The predicted octanol–water partition coefficient (Wildman–Crippen LogP) is 8.80. The lowest BCUT2D eigenvalue weighted by atomic mass is 9.72. The summed E-state index contributed by atoms with van der Waals surface area (Å²) in [6, 6.07) is 22.3. The molecule has 0 aliphatic carbocycles. The molecule has 36 heavy (non-hydrogen) atoms. The van der Waals surface area contributed by atoms with Gasteiger partial charge in [0.15, 0.2) is 0 Å². The first kappa shape index (κ1) is 30.6. The van der Waals surface area contributed by atoms with E-state index in [2.05, 4.69) is 91.9 Å². The van der Waals surface area contributed by atoms with E-state index in [9.17, 15) is 0 Å². The van der Waals surface area contributed by atoms with Gasteiger partial charge in [-0.05, 0) is 70.4 Å². The van der Waals surface area contributed by atoms with E-state index < -0.39 is 0 Å². The van der Waals surface area contributed by atoms with Crippen molar-refractivity contribution in [3.63, 3.8) is 0 Å². The van der Waals surface area contributed by atoms with Crippen LogP contribution in [0, 0.1) is 0 Å². The van der Waals surface area contributed by atoms with Crippen molar-refractivity contribution in [2.75, 3.05) is 33.7 Å². The van der Waals surface area contributed by atoms with Crippen LogP contribution in [0.4, 0.5) is 0 Å². The van der Waals surface area contributed by atoms with Gasteiger partial charge in [-0.25, -0.2) is 0 Å². The zero-order valence-electron chi connectivity index (χ0n) is 23.9. The van der Waals surface area contributed by atoms with Crippen LogP contribution in [-0.2, 0) is 11.8 Å². The molecule has 0 saturated heterocycles. The van der Waals surface area contributed by atoms with Crippen LogP contribution in [0.5, 0.6) is 0 Å². The van der Waals surface area contributed by atoms with Gasteiger partial charge in [0, 0.05) is 12.0 Å². The third kappa shape index (κ3) is 13.1. The van der Waals surface area contributed by atoms with Gasteiger partial charge in [-0.3, -0.25) is 0 Å². The van der Waals surface area contributed by atoms with Gasteiger partial charge < -0.3 is 10.2 Å². The average molecular weight is 493 g/mol. The van der Waals surface area contributed by atoms with Gasteiger partial charge in [-0.2, -0.15) is 0 Å². The smallest absolute Gasteiger partial charge is 0.00805 e. The van der Waals surface area contributed by atoms with E-state index in [1.165, 1.54) is 102 Å². The fraction of sp³-hybridized carbons (Fsp3) is 0.647. The molecule has 0 radical (unpaired) electrons. The van der Waals surface area contributed by atoms with E-state index >= 15 is 0 Å². The highest BCUT2D eigenvalue weighted by Gasteiger charge is 2.31. The first-order valence-corrected chi connectivity index (χ1v) is 15.1. The number of nitrogens with zero attached hydrogens (tertiary/aromatic N) is 1. The summed E-state index contributed by atoms with van der Waals surface area (Å²) < 4.78 is 0. The van der Waals surface area contributed by atoms with E-state index in [0.29, 0.717) is 0 Å².